The van der Waals surface area contributed by atoms with Crippen molar-refractivity contribution in [2.75, 3.05) is 21.3 Å². The van der Waals surface area contributed by atoms with Gasteiger partial charge < -0.3 is 38.3 Å². The van der Waals surface area contributed by atoms with E-state index in [1.165, 1.54) is 7.11 Å². The Labute approximate surface area is 254 Å². The summed E-state index contributed by atoms with van der Waals surface area (Å²) >= 11 is 0. The Balaban J connectivity index is 1.40. The van der Waals surface area contributed by atoms with Gasteiger partial charge in [-0.3, -0.25) is 4.79 Å². The van der Waals surface area contributed by atoms with Gasteiger partial charge in [-0.15, -0.1) is 0 Å². The van der Waals surface area contributed by atoms with Crippen LogP contribution in [0.25, 0.3) is 22.1 Å². The van der Waals surface area contributed by atoms with Gasteiger partial charge in [0.05, 0.1) is 19.8 Å². The first-order chi connectivity index (χ1) is 21.0. The number of carbonyl (C=O) groups is 1. The van der Waals surface area contributed by atoms with E-state index in [2.05, 4.69) is 0 Å². The largest absolute Gasteiger partial charge is 0.497 e. The quantitative estimate of drug-likeness (QED) is 0.208. The number of benzene rings is 3. The van der Waals surface area contributed by atoms with Crippen LogP contribution >= 0.6 is 0 Å². The molecule has 1 saturated heterocycles. The Kier molecular flexibility index (Phi) is 8.80. The van der Waals surface area contributed by atoms with E-state index in [9.17, 15) is 19.8 Å². The first-order valence-electron chi connectivity index (χ1n) is 14.1. The second-order valence-corrected chi connectivity index (χ2v) is 11.3. The molecular formula is C34H36O10. The molecule has 44 heavy (non-hydrogen) atoms. The lowest BCUT2D eigenvalue weighted by molar-refractivity contribution is -0.306. The molecule has 5 rings (SSSR count). The number of fused-ring (bicyclic) bond motifs is 1. The molecule has 0 radical (unpaired) electrons. The van der Waals surface area contributed by atoms with Gasteiger partial charge in [0.25, 0.3) is 0 Å². The van der Waals surface area contributed by atoms with Crippen LogP contribution in [0, 0.1) is 6.92 Å². The van der Waals surface area contributed by atoms with E-state index in [0.717, 1.165) is 5.56 Å². The van der Waals surface area contributed by atoms with Crippen molar-refractivity contribution in [1.82, 2.24) is 0 Å². The standard InChI is InChI=1S/C34H36O10/c1-18-26(42-33-29(37)28(36)31(41-6)34(2,3)44-33)12-11-21-14-22(32(38)43-30(18)21)17-25(35)20-10-13-27(40-5)24(16-20)19-8-7-9-23(15-19)39-4/h7-16,28-29,31,33,36-37H,17H2,1-6H3/t28-,29+,31+,33+/m0/s1. The first kappa shape index (κ1) is 31.2. The second-order valence-electron chi connectivity index (χ2n) is 11.3. The molecule has 3 aromatic carbocycles. The Hall–Kier alpha value is -4.22. The summed E-state index contributed by atoms with van der Waals surface area (Å²) in [5.74, 6) is 1.30. The van der Waals surface area contributed by atoms with Crippen LogP contribution in [-0.2, 0) is 15.9 Å². The number of aliphatic hydroxyl groups is 2. The predicted molar refractivity (Wildman–Crippen MR) is 163 cm³/mol. The fraction of sp³-hybridized carbons (Fsp3) is 0.353. The lowest BCUT2D eigenvalue weighted by Crippen LogP contribution is -2.63. The van der Waals surface area contributed by atoms with Crippen molar-refractivity contribution in [1.29, 1.82) is 0 Å². The highest BCUT2D eigenvalue weighted by Gasteiger charge is 2.50. The predicted octanol–water partition coefficient (Wildman–Crippen LogP) is 4.46. The number of hydrogen-bond donors (Lipinski definition) is 2. The average molecular weight is 605 g/mol. The minimum atomic E-state index is -1.38. The molecular weight excluding hydrogens is 568 g/mol. The normalized spacial score (nSPS) is 21.2. The molecule has 1 aliphatic heterocycles. The maximum Gasteiger partial charge on any atom is 0.339 e. The molecule has 0 saturated carbocycles. The van der Waals surface area contributed by atoms with Crippen LogP contribution in [0.3, 0.4) is 0 Å². The summed E-state index contributed by atoms with van der Waals surface area (Å²) in [5.41, 5.74) is 1.31. The van der Waals surface area contributed by atoms with Crippen molar-refractivity contribution in [2.24, 2.45) is 0 Å². The summed E-state index contributed by atoms with van der Waals surface area (Å²) in [6.45, 7) is 5.16. The molecule has 0 aliphatic carbocycles. The highest BCUT2D eigenvalue weighted by molar-refractivity contribution is 5.99. The van der Waals surface area contributed by atoms with Crippen molar-refractivity contribution >= 4 is 16.8 Å². The van der Waals surface area contributed by atoms with Crippen LogP contribution in [0.4, 0.5) is 0 Å². The zero-order valence-electron chi connectivity index (χ0n) is 25.5. The van der Waals surface area contributed by atoms with Crippen molar-refractivity contribution in [3.05, 3.63) is 87.8 Å². The van der Waals surface area contributed by atoms with Gasteiger partial charge in [-0.1, -0.05) is 12.1 Å². The molecule has 1 aromatic heterocycles. The van der Waals surface area contributed by atoms with Crippen molar-refractivity contribution in [3.8, 4) is 28.4 Å². The van der Waals surface area contributed by atoms with Gasteiger partial charge in [-0.25, -0.2) is 4.79 Å². The molecule has 10 heteroatoms. The van der Waals surface area contributed by atoms with Crippen LogP contribution in [0.2, 0.25) is 0 Å². The monoisotopic (exact) mass is 604 g/mol. The highest BCUT2D eigenvalue weighted by atomic mass is 16.7. The summed E-state index contributed by atoms with van der Waals surface area (Å²) in [6.07, 6.45) is -4.76. The zero-order chi connectivity index (χ0) is 31.8. The molecule has 232 valence electrons. The highest BCUT2D eigenvalue weighted by Crippen LogP contribution is 2.36. The van der Waals surface area contributed by atoms with E-state index in [1.54, 1.807) is 71.4 Å². The number of aryl methyl sites for hydroxylation is 1. The summed E-state index contributed by atoms with van der Waals surface area (Å²) < 4.78 is 33.7. The third-order valence-corrected chi connectivity index (χ3v) is 7.97. The third kappa shape index (κ3) is 5.94. The van der Waals surface area contributed by atoms with Crippen molar-refractivity contribution in [2.45, 2.75) is 57.4 Å². The SMILES string of the molecule is COc1cccc(-c2cc(C(=O)Cc3cc4ccc(O[C@@H]5OC(C)(C)[C@H](OC)[C@@H](O)[C@H]5O)c(C)c4oc3=O)ccc2OC)c1. The van der Waals surface area contributed by atoms with E-state index in [1.807, 2.05) is 24.3 Å². The van der Waals surface area contributed by atoms with Gasteiger partial charge in [-0.05, 0) is 74.9 Å². The number of rotatable bonds is 9. The van der Waals surface area contributed by atoms with Gasteiger partial charge in [0, 0.05) is 41.2 Å². The fourth-order valence-corrected chi connectivity index (χ4v) is 5.60. The number of Topliss-reactive ketones (excluding diaryl/α,β-unsaturated/α-hetero) is 1. The number of methoxy groups -OCH3 is 3. The van der Waals surface area contributed by atoms with Crippen LogP contribution in [0.1, 0.15) is 35.3 Å². The first-order valence-corrected chi connectivity index (χ1v) is 14.1. The number of ether oxygens (including phenoxy) is 5. The fourth-order valence-electron chi connectivity index (χ4n) is 5.60. The van der Waals surface area contributed by atoms with Crippen LogP contribution in [-0.4, -0.2) is 67.5 Å². The maximum atomic E-state index is 13.4. The molecule has 2 heterocycles. The van der Waals surface area contributed by atoms with E-state index in [4.69, 9.17) is 28.1 Å². The molecule has 0 spiro atoms. The molecule has 0 amide bonds. The lowest BCUT2D eigenvalue weighted by Gasteiger charge is -2.46. The minimum Gasteiger partial charge on any atom is -0.497 e. The van der Waals surface area contributed by atoms with E-state index in [0.29, 0.717) is 39.3 Å². The molecule has 2 N–H and O–H groups in total. The lowest BCUT2D eigenvalue weighted by atomic mass is 9.89. The molecule has 4 aromatic rings. The maximum absolute atomic E-state index is 13.4. The molecule has 0 bridgehead atoms. The molecule has 1 fully saturated rings. The van der Waals surface area contributed by atoms with E-state index in [-0.39, 0.29) is 23.4 Å². The van der Waals surface area contributed by atoms with Crippen molar-refractivity contribution < 1.29 is 43.1 Å². The van der Waals surface area contributed by atoms with Gasteiger partial charge in [0.15, 0.2) is 5.78 Å². The molecule has 4 atom stereocenters. The Bertz CT molecular complexity index is 1740. The topological polar surface area (TPSA) is 134 Å². The van der Waals surface area contributed by atoms with Crippen LogP contribution < -0.4 is 19.8 Å². The van der Waals surface area contributed by atoms with Crippen LogP contribution in [0.5, 0.6) is 17.2 Å². The zero-order valence-corrected chi connectivity index (χ0v) is 25.5. The summed E-state index contributed by atoms with van der Waals surface area (Å²) in [7, 11) is 4.57. The summed E-state index contributed by atoms with van der Waals surface area (Å²) in [4.78, 5) is 26.4. The summed E-state index contributed by atoms with van der Waals surface area (Å²) in [6, 6.07) is 17.5. The second kappa shape index (κ2) is 12.4. The van der Waals surface area contributed by atoms with Gasteiger partial charge >= 0.3 is 5.63 Å². The number of aliphatic hydroxyl groups excluding tert-OH is 2. The van der Waals surface area contributed by atoms with Gasteiger partial charge in [0.2, 0.25) is 6.29 Å². The number of ketones is 1. The minimum absolute atomic E-state index is 0.171. The number of hydrogen-bond acceptors (Lipinski definition) is 10. The van der Waals surface area contributed by atoms with Gasteiger partial charge in [-0.2, -0.15) is 0 Å². The number of carbonyl (C=O) groups excluding carboxylic acids is 1. The van der Waals surface area contributed by atoms with Crippen LogP contribution in [0.15, 0.2) is 69.9 Å². The Morgan fingerprint density at radius 2 is 1.68 bits per heavy atom. The van der Waals surface area contributed by atoms with Crippen molar-refractivity contribution in [3.63, 3.8) is 0 Å². The molecule has 1 aliphatic rings. The van der Waals surface area contributed by atoms with E-state index >= 15 is 0 Å². The smallest absolute Gasteiger partial charge is 0.339 e. The Morgan fingerprint density at radius 3 is 2.39 bits per heavy atom. The van der Waals surface area contributed by atoms with Gasteiger partial charge in [0.1, 0.15) is 41.1 Å². The third-order valence-electron chi connectivity index (χ3n) is 7.97. The summed E-state index contributed by atoms with van der Waals surface area (Å²) in [5, 5.41) is 21.8. The Morgan fingerprint density at radius 1 is 0.932 bits per heavy atom. The molecule has 0 unspecified atom stereocenters. The average Bonchev–Trinajstić information content (AvgIpc) is 3.01. The molecule has 10 nitrogen and oxygen atoms in total. The van der Waals surface area contributed by atoms with E-state index < -0.39 is 35.8 Å².